The fourth-order valence-corrected chi connectivity index (χ4v) is 12.2. The third-order valence-electron chi connectivity index (χ3n) is 15.5. The van der Waals surface area contributed by atoms with Crippen LogP contribution in [0.5, 0.6) is 0 Å². The van der Waals surface area contributed by atoms with Crippen LogP contribution in [-0.2, 0) is 5.41 Å². The predicted molar refractivity (Wildman–Crippen MR) is 315 cm³/mol. The van der Waals surface area contributed by atoms with Crippen molar-refractivity contribution < 1.29 is 0 Å². The minimum atomic E-state index is -0.507. The van der Waals surface area contributed by atoms with Crippen molar-refractivity contribution in [2.45, 2.75) is 5.41 Å². The van der Waals surface area contributed by atoms with Gasteiger partial charge in [0.15, 0.2) is 0 Å². The summed E-state index contributed by atoms with van der Waals surface area (Å²) in [5, 5.41) is 2.45. The molecular formula is C73H50N2. The topological polar surface area (TPSA) is 8.17 Å². The Labute approximate surface area is 438 Å². The summed E-state index contributed by atoms with van der Waals surface area (Å²) in [6.45, 7) is 0. The zero-order valence-corrected chi connectivity index (χ0v) is 41.3. The van der Waals surface area contributed by atoms with E-state index in [0.29, 0.717) is 0 Å². The molecule has 1 aliphatic carbocycles. The largest absolute Gasteiger partial charge is 0.310 e. The maximum atomic E-state index is 2.53. The van der Waals surface area contributed by atoms with E-state index in [1.807, 2.05) is 0 Å². The van der Waals surface area contributed by atoms with E-state index in [1.165, 1.54) is 94.3 Å². The Morgan fingerprint density at radius 3 is 1.29 bits per heavy atom. The van der Waals surface area contributed by atoms with E-state index in [-0.39, 0.29) is 0 Å². The van der Waals surface area contributed by atoms with Gasteiger partial charge in [0.2, 0.25) is 0 Å². The van der Waals surface area contributed by atoms with Gasteiger partial charge in [-0.25, -0.2) is 0 Å². The van der Waals surface area contributed by atoms with Crippen molar-refractivity contribution in [3.05, 3.63) is 326 Å². The molecule has 13 aromatic rings. The van der Waals surface area contributed by atoms with Crippen LogP contribution < -0.4 is 4.90 Å². The Balaban J connectivity index is 0.937. The lowest BCUT2D eigenvalue weighted by molar-refractivity contribution is 0.768. The molecule has 352 valence electrons. The lowest BCUT2D eigenvalue weighted by Crippen LogP contribution is -2.28. The summed E-state index contributed by atoms with van der Waals surface area (Å²) in [4.78, 5) is 2.40. The maximum absolute atomic E-state index is 2.53. The first kappa shape index (κ1) is 44.0. The van der Waals surface area contributed by atoms with E-state index in [1.54, 1.807) is 0 Å². The van der Waals surface area contributed by atoms with E-state index in [4.69, 9.17) is 0 Å². The molecule has 0 saturated carbocycles. The highest BCUT2D eigenvalue weighted by Crippen LogP contribution is 2.58. The van der Waals surface area contributed by atoms with Crippen molar-refractivity contribution >= 4 is 38.9 Å². The van der Waals surface area contributed by atoms with Gasteiger partial charge in [-0.3, -0.25) is 0 Å². The van der Waals surface area contributed by atoms with Crippen LogP contribution in [0.2, 0.25) is 0 Å². The van der Waals surface area contributed by atoms with E-state index < -0.39 is 5.41 Å². The van der Waals surface area contributed by atoms with Crippen molar-refractivity contribution in [2.24, 2.45) is 0 Å². The number of hydrogen-bond donors (Lipinski definition) is 0. The molecule has 75 heavy (non-hydrogen) atoms. The predicted octanol–water partition coefficient (Wildman–Crippen LogP) is 19.3. The van der Waals surface area contributed by atoms with Gasteiger partial charge in [-0.1, -0.05) is 249 Å². The van der Waals surface area contributed by atoms with Gasteiger partial charge in [-0.15, -0.1) is 0 Å². The van der Waals surface area contributed by atoms with Crippen LogP contribution in [0.25, 0.3) is 83.1 Å². The summed E-state index contributed by atoms with van der Waals surface area (Å²) in [6, 6.07) is 111. The Morgan fingerprint density at radius 2 is 0.693 bits per heavy atom. The van der Waals surface area contributed by atoms with Gasteiger partial charge < -0.3 is 9.47 Å². The zero-order chi connectivity index (χ0) is 49.7. The fourth-order valence-electron chi connectivity index (χ4n) is 12.2. The summed E-state index contributed by atoms with van der Waals surface area (Å²) >= 11 is 0. The smallest absolute Gasteiger partial charge is 0.0714 e. The number of hydrogen-bond acceptors (Lipinski definition) is 1. The van der Waals surface area contributed by atoms with Crippen molar-refractivity contribution in [1.29, 1.82) is 0 Å². The molecule has 1 aromatic heterocycles. The first-order valence-corrected chi connectivity index (χ1v) is 25.9. The molecule has 12 aromatic carbocycles. The second-order valence-corrected chi connectivity index (χ2v) is 19.6. The summed E-state index contributed by atoms with van der Waals surface area (Å²) in [5.41, 5.74) is 23.3. The molecule has 0 radical (unpaired) electrons. The number of nitrogens with zero attached hydrogens (tertiary/aromatic N) is 2. The number of anilines is 3. The highest BCUT2D eigenvalue weighted by Gasteiger charge is 2.47. The lowest BCUT2D eigenvalue weighted by Gasteiger charge is -2.34. The highest BCUT2D eigenvalue weighted by molar-refractivity contribution is 6.11. The first-order chi connectivity index (χ1) is 37.2. The number of rotatable bonds is 10. The highest BCUT2D eigenvalue weighted by atomic mass is 15.1. The number of fused-ring (bicyclic) bond motifs is 6. The van der Waals surface area contributed by atoms with E-state index in [0.717, 1.165) is 28.2 Å². The van der Waals surface area contributed by atoms with Gasteiger partial charge in [0.05, 0.1) is 22.1 Å². The average molecular weight is 955 g/mol. The molecule has 2 heteroatoms. The molecule has 14 rings (SSSR count). The molecule has 0 atom stereocenters. The molecule has 2 nitrogen and oxygen atoms in total. The summed E-state index contributed by atoms with van der Waals surface area (Å²) in [6.07, 6.45) is 0. The minimum Gasteiger partial charge on any atom is -0.310 e. The molecule has 1 heterocycles. The maximum Gasteiger partial charge on any atom is 0.0714 e. The van der Waals surface area contributed by atoms with Crippen molar-refractivity contribution in [1.82, 2.24) is 4.57 Å². The van der Waals surface area contributed by atoms with E-state index in [9.17, 15) is 0 Å². The van der Waals surface area contributed by atoms with Crippen molar-refractivity contribution in [2.75, 3.05) is 4.90 Å². The average Bonchev–Trinajstić information content (AvgIpc) is 4.06. The van der Waals surface area contributed by atoms with Crippen molar-refractivity contribution in [3.63, 3.8) is 0 Å². The van der Waals surface area contributed by atoms with Crippen LogP contribution in [0.15, 0.2) is 303 Å². The van der Waals surface area contributed by atoms with Crippen LogP contribution in [0.1, 0.15) is 22.3 Å². The van der Waals surface area contributed by atoms with Gasteiger partial charge in [-0.05, 0) is 127 Å². The third-order valence-corrected chi connectivity index (χ3v) is 15.5. The molecule has 0 saturated heterocycles. The monoisotopic (exact) mass is 954 g/mol. The lowest BCUT2D eigenvalue weighted by atomic mass is 9.68. The number of aromatic nitrogens is 1. The molecule has 0 aliphatic heterocycles. The fraction of sp³-hybridized carbons (Fsp3) is 0.0137. The molecule has 0 amide bonds. The molecule has 0 N–H and O–H groups in total. The Kier molecular flexibility index (Phi) is 10.8. The molecule has 0 spiro atoms. The molecule has 0 fully saturated rings. The van der Waals surface area contributed by atoms with Gasteiger partial charge in [-0.2, -0.15) is 0 Å². The van der Waals surface area contributed by atoms with Crippen LogP contribution in [-0.4, -0.2) is 4.57 Å². The second kappa shape index (κ2) is 18.4. The molecule has 0 unspecified atom stereocenters. The number of para-hydroxylation sites is 1. The summed E-state index contributed by atoms with van der Waals surface area (Å²) < 4.78 is 2.53. The first-order valence-electron chi connectivity index (χ1n) is 25.9. The van der Waals surface area contributed by atoms with Gasteiger partial charge in [0.1, 0.15) is 0 Å². The zero-order valence-electron chi connectivity index (χ0n) is 41.3. The number of benzene rings is 12. The molecule has 1 aliphatic rings. The van der Waals surface area contributed by atoms with Crippen LogP contribution in [0, 0.1) is 0 Å². The van der Waals surface area contributed by atoms with Gasteiger partial charge in [0.25, 0.3) is 0 Å². The second-order valence-electron chi connectivity index (χ2n) is 19.6. The van der Waals surface area contributed by atoms with Gasteiger partial charge in [0, 0.05) is 33.4 Å². The SMILES string of the molecule is c1ccc(-c2cccc(N(c3cccc(-c4ccccc4)c3)c3cccc(-c4ccccc4-c4ccc5c6ccccc6n(-c6cccc7c6-c6ccccc6C7(c6ccccc6)c6ccccc6)c5c4)c3)c2)cc1. The van der Waals surface area contributed by atoms with E-state index in [2.05, 4.69) is 313 Å². The Hall–Kier alpha value is -9.76. The Bertz CT molecular complexity index is 4110. The quantitative estimate of drug-likeness (QED) is 0.133. The van der Waals surface area contributed by atoms with Crippen LogP contribution in [0.3, 0.4) is 0 Å². The molecule has 0 bridgehead atoms. The van der Waals surface area contributed by atoms with Crippen LogP contribution in [0.4, 0.5) is 17.1 Å². The van der Waals surface area contributed by atoms with E-state index >= 15 is 0 Å². The minimum absolute atomic E-state index is 0.507. The third kappa shape index (κ3) is 7.33. The van der Waals surface area contributed by atoms with Crippen molar-refractivity contribution in [3.8, 4) is 61.3 Å². The van der Waals surface area contributed by atoms with Gasteiger partial charge >= 0.3 is 0 Å². The summed E-state index contributed by atoms with van der Waals surface area (Å²) in [5.74, 6) is 0. The molecular weight excluding hydrogens is 905 g/mol. The van der Waals surface area contributed by atoms with Crippen LogP contribution >= 0.6 is 0 Å². The normalized spacial score (nSPS) is 12.4. The summed E-state index contributed by atoms with van der Waals surface area (Å²) in [7, 11) is 0. The standard InChI is InChI=1S/C73H50N2/c1-5-23-51(24-6-1)53-27-19-34-59(47-53)74(60-35-20-28-54(48-60)52-25-7-2-8-26-52)61-36-21-29-55(49-61)62-37-13-14-38-63(62)56-45-46-65-64-39-16-18-43-69(64)75(71(65)50-56)70-44-22-42-68-72(70)66-40-15-17-41-67(66)73(68,57-30-9-3-10-31-57)58-32-11-4-12-33-58/h1-50H. The Morgan fingerprint density at radius 1 is 0.267 bits per heavy atom.